The van der Waals surface area contributed by atoms with Gasteiger partial charge in [0.25, 0.3) is 0 Å². The van der Waals surface area contributed by atoms with Gasteiger partial charge in [-0.15, -0.1) is 0 Å². The molecule has 2 heterocycles. The molecule has 0 saturated carbocycles. The van der Waals surface area contributed by atoms with E-state index in [2.05, 4.69) is 40.7 Å². The zero-order valence-electron chi connectivity index (χ0n) is 11.3. The topological polar surface area (TPSA) is 23.6 Å². The summed E-state index contributed by atoms with van der Waals surface area (Å²) in [4.78, 5) is 16.7. The SMILES string of the molecule is CN1CCN(C)C(CC(=O)CCc2ccsc2)C1. The quantitative estimate of drug-likeness (QED) is 0.813. The Bertz CT molecular complexity index is 377. The molecule has 1 aromatic rings. The summed E-state index contributed by atoms with van der Waals surface area (Å²) in [7, 11) is 4.26. The van der Waals surface area contributed by atoms with E-state index >= 15 is 0 Å². The van der Waals surface area contributed by atoms with E-state index in [1.807, 2.05) is 0 Å². The Morgan fingerprint density at radius 1 is 1.44 bits per heavy atom. The molecule has 0 aromatic carbocycles. The van der Waals surface area contributed by atoms with Crippen LogP contribution in [0.25, 0.3) is 0 Å². The minimum Gasteiger partial charge on any atom is -0.304 e. The molecular weight excluding hydrogens is 244 g/mol. The highest BCUT2D eigenvalue weighted by Gasteiger charge is 2.24. The zero-order chi connectivity index (χ0) is 13.0. The summed E-state index contributed by atoms with van der Waals surface area (Å²) in [6.45, 7) is 3.19. The fourth-order valence-electron chi connectivity index (χ4n) is 2.41. The van der Waals surface area contributed by atoms with E-state index in [0.29, 0.717) is 24.7 Å². The Hall–Kier alpha value is -0.710. The maximum absolute atomic E-state index is 12.0. The van der Waals surface area contributed by atoms with Gasteiger partial charge in [-0.25, -0.2) is 0 Å². The van der Waals surface area contributed by atoms with E-state index in [-0.39, 0.29) is 0 Å². The Kier molecular flexibility index (Phi) is 4.92. The van der Waals surface area contributed by atoms with Gasteiger partial charge < -0.3 is 9.80 Å². The first-order chi connectivity index (χ1) is 8.65. The van der Waals surface area contributed by atoms with Gasteiger partial charge in [0.2, 0.25) is 0 Å². The van der Waals surface area contributed by atoms with Crippen LogP contribution in [0.1, 0.15) is 18.4 Å². The second-order valence-corrected chi connectivity index (χ2v) is 6.05. The molecule has 0 bridgehead atoms. The number of carbonyl (C=O) groups excluding carboxylic acids is 1. The molecule has 100 valence electrons. The van der Waals surface area contributed by atoms with Gasteiger partial charge in [0.1, 0.15) is 5.78 Å². The van der Waals surface area contributed by atoms with Gasteiger partial charge in [-0.1, -0.05) is 0 Å². The van der Waals surface area contributed by atoms with Crippen LogP contribution in [0.2, 0.25) is 0 Å². The van der Waals surface area contributed by atoms with E-state index in [4.69, 9.17) is 0 Å². The molecule has 1 aliphatic rings. The van der Waals surface area contributed by atoms with E-state index in [9.17, 15) is 4.79 Å². The van der Waals surface area contributed by atoms with Crippen molar-refractivity contribution in [3.8, 4) is 0 Å². The summed E-state index contributed by atoms with van der Waals surface area (Å²) in [5, 5.41) is 4.21. The maximum Gasteiger partial charge on any atom is 0.134 e. The summed E-state index contributed by atoms with van der Waals surface area (Å²) >= 11 is 1.70. The number of hydrogen-bond donors (Lipinski definition) is 0. The molecule has 0 amide bonds. The predicted molar refractivity (Wildman–Crippen MR) is 76.2 cm³/mol. The average molecular weight is 266 g/mol. The molecule has 0 spiro atoms. The number of carbonyl (C=O) groups is 1. The average Bonchev–Trinajstić information content (AvgIpc) is 2.84. The number of nitrogens with zero attached hydrogens (tertiary/aromatic N) is 2. The van der Waals surface area contributed by atoms with E-state index in [0.717, 1.165) is 26.1 Å². The van der Waals surface area contributed by atoms with Crippen molar-refractivity contribution in [3.05, 3.63) is 22.4 Å². The summed E-state index contributed by atoms with van der Waals surface area (Å²) in [6.07, 6.45) is 2.28. The zero-order valence-corrected chi connectivity index (χ0v) is 12.1. The van der Waals surface area contributed by atoms with Crippen molar-refractivity contribution in [2.75, 3.05) is 33.7 Å². The first-order valence-corrected chi connectivity index (χ1v) is 7.51. The number of rotatable bonds is 5. The van der Waals surface area contributed by atoms with Gasteiger partial charge in [0, 0.05) is 38.5 Å². The van der Waals surface area contributed by atoms with Gasteiger partial charge in [0.15, 0.2) is 0 Å². The Labute approximate surface area is 113 Å². The summed E-state index contributed by atoms with van der Waals surface area (Å²) in [5.74, 6) is 0.397. The van der Waals surface area contributed by atoms with Crippen LogP contribution >= 0.6 is 11.3 Å². The van der Waals surface area contributed by atoms with Gasteiger partial charge in [-0.2, -0.15) is 11.3 Å². The van der Waals surface area contributed by atoms with Crippen LogP contribution in [0.5, 0.6) is 0 Å². The van der Waals surface area contributed by atoms with Crippen LogP contribution in [0.3, 0.4) is 0 Å². The third-order valence-electron chi connectivity index (χ3n) is 3.72. The highest BCUT2D eigenvalue weighted by Crippen LogP contribution is 2.13. The van der Waals surface area contributed by atoms with Crippen molar-refractivity contribution in [2.24, 2.45) is 0 Å². The Balaban J connectivity index is 1.76. The van der Waals surface area contributed by atoms with Crippen LogP contribution in [0, 0.1) is 0 Å². The van der Waals surface area contributed by atoms with Crippen molar-refractivity contribution in [2.45, 2.75) is 25.3 Å². The van der Waals surface area contributed by atoms with Crippen LogP contribution in [0.15, 0.2) is 16.8 Å². The van der Waals surface area contributed by atoms with Crippen LogP contribution < -0.4 is 0 Å². The molecule has 1 fully saturated rings. The van der Waals surface area contributed by atoms with Gasteiger partial charge in [0.05, 0.1) is 0 Å². The van der Waals surface area contributed by atoms with Crippen molar-refractivity contribution in [1.82, 2.24) is 9.80 Å². The predicted octanol–water partition coefficient (Wildman–Crippen LogP) is 1.89. The molecule has 2 rings (SSSR count). The molecule has 0 radical (unpaired) electrons. The Morgan fingerprint density at radius 3 is 3.00 bits per heavy atom. The molecule has 1 aromatic heterocycles. The van der Waals surface area contributed by atoms with Crippen molar-refractivity contribution in [3.63, 3.8) is 0 Å². The standard InChI is InChI=1S/C14H22N2OS/c1-15-6-7-16(2)13(10-15)9-14(17)4-3-12-5-8-18-11-12/h5,8,11,13H,3-4,6-7,9-10H2,1-2H3. The molecule has 1 aliphatic heterocycles. The third kappa shape index (κ3) is 3.90. The highest BCUT2D eigenvalue weighted by molar-refractivity contribution is 7.07. The molecule has 18 heavy (non-hydrogen) atoms. The monoisotopic (exact) mass is 266 g/mol. The van der Waals surface area contributed by atoms with E-state index in [1.165, 1.54) is 5.56 Å². The largest absolute Gasteiger partial charge is 0.304 e. The fourth-order valence-corrected chi connectivity index (χ4v) is 3.11. The molecule has 0 N–H and O–H groups in total. The lowest BCUT2D eigenvalue weighted by Crippen LogP contribution is -2.50. The van der Waals surface area contributed by atoms with E-state index < -0.39 is 0 Å². The number of aryl methyl sites for hydroxylation is 1. The highest BCUT2D eigenvalue weighted by atomic mass is 32.1. The summed E-state index contributed by atoms with van der Waals surface area (Å²) in [6, 6.07) is 2.51. The molecule has 1 saturated heterocycles. The van der Waals surface area contributed by atoms with Crippen molar-refractivity contribution < 1.29 is 4.79 Å². The number of likely N-dealkylation sites (N-methyl/N-ethyl adjacent to an activating group) is 2. The first-order valence-electron chi connectivity index (χ1n) is 6.56. The number of ketones is 1. The van der Waals surface area contributed by atoms with Crippen molar-refractivity contribution in [1.29, 1.82) is 0 Å². The molecule has 4 heteroatoms. The number of thiophene rings is 1. The molecule has 3 nitrogen and oxygen atoms in total. The van der Waals surface area contributed by atoms with E-state index in [1.54, 1.807) is 11.3 Å². The van der Waals surface area contributed by atoms with Gasteiger partial charge in [-0.3, -0.25) is 4.79 Å². The lowest BCUT2D eigenvalue weighted by Gasteiger charge is -2.37. The van der Waals surface area contributed by atoms with Crippen LogP contribution in [0.4, 0.5) is 0 Å². The lowest BCUT2D eigenvalue weighted by molar-refractivity contribution is -0.120. The lowest BCUT2D eigenvalue weighted by atomic mass is 10.0. The molecular formula is C14H22N2OS. The summed E-state index contributed by atoms with van der Waals surface area (Å²) in [5.41, 5.74) is 1.29. The minimum atomic E-state index is 0.397. The number of Topliss-reactive ketones (excluding diaryl/α,β-unsaturated/α-hetero) is 1. The maximum atomic E-state index is 12.0. The van der Waals surface area contributed by atoms with Crippen LogP contribution in [-0.2, 0) is 11.2 Å². The minimum absolute atomic E-state index is 0.397. The molecule has 1 atom stereocenters. The number of hydrogen-bond acceptors (Lipinski definition) is 4. The van der Waals surface area contributed by atoms with Crippen molar-refractivity contribution >= 4 is 17.1 Å². The smallest absolute Gasteiger partial charge is 0.134 e. The Morgan fingerprint density at radius 2 is 2.28 bits per heavy atom. The van der Waals surface area contributed by atoms with Gasteiger partial charge in [-0.05, 0) is 42.9 Å². The second kappa shape index (κ2) is 6.45. The van der Waals surface area contributed by atoms with Crippen LogP contribution in [-0.4, -0.2) is 55.4 Å². The third-order valence-corrected chi connectivity index (χ3v) is 4.45. The normalized spacial score (nSPS) is 22.2. The second-order valence-electron chi connectivity index (χ2n) is 5.27. The number of piperazine rings is 1. The summed E-state index contributed by atoms with van der Waals surface area (Å²) < 4.78 is 0. The van der Waals surface area contributed by atoms with Gasteiger partial charge >= 0.3 is 0 Å². The fraction of sp³-hybridized carbons (Fsp3) is 0.643. The molecule has 0 aliphatic carbocycles. The molecule has 1 unspecified atom stereocenters. The first kappa shape index (κ1) is 13.7.